The maximum absolute atomic E-state index is 4.32. The fourth-order valence-corrected chi connectivity index (χ4v) is 3.67. The first kappa shape index (κ1) is 13.6. The Morgan fingerprint density at radius 2 is 2.17 bits per heavy atom. The van der Waals surface area contributed by atoms with E-state index in [2.05, 4.69) is 47.7 Å². The molecule has 0 saturated carbocycles. The van der Waals surface area contributed by atoms with Gasteiger partial charge in [-0.1, -0.05) is 32.1 Å². The van der Waals surface area contributed by atoms with Gasteiger partial charge in [-0.15, -0.1) is 21.5 Å². The molecular weight excluding hydrogens is 262 g/mol. The first-order valence-electron chi connectivity index (χ1n) is 6.33. The quantitative estimate of drug-likeness (QED) is 0.882. The Bertz CT molecular complexity index is 488. The van der Waals surface area contributed by atoms with Gasteiger partial charge < -0.3 is 5.32 Å². The van der Waals surface area contributed by atoms with E-state index in [1.54, 1.807) is 22.7 Å². The highest BCUT2D eigenvalue weighted by molar-refractivity contribution is 7.20. The summed E-state index contributed by atoms with van der Waals surface area (Å²) < 4.78 is 0. The molecule has 2 aromatic rings. The van der Waals surface area contributed by atoms with Crippen molar-refractivity contribution in [2.75, 3.05) is 6.54 Å². The van der Waals surface area contributed by atoms with Crippen molar-refractivity contribution in [1.29, 1.82) is 0 Å². The summed E-state index contributed by atoms with van der Waals surface area (Å²) in [5.41, 5.74) is 1.38. The van der Waals surface area contributed by atoms with Crippen LogP contribution in [0.2, 0.25) is 0 Å². The van der Waals surface area contributed by atoms with E-state index in [1.165, 1.54) is 10.4 Å². The molecule has 2 aromatic heterocycles. The van der Waals surface area contributed by atoms with Crippen LogP contribution in [0.15, 0.2) is 11.4 Å². The fraction of sp³-hybridized carbons (Fsp3) is 0.538. The number of hydrogen-bond acceptors (Lipinski definition) is 5. The van der Waals surface area contributed by atoms with Crippen molar-refractivity contribution in [3.63, 3.8) is 0 Å². The highest BCUT2D eigenvalue weighted by atomic mass is 32.1. The molecule has 98 valence electrons. The van der Waals surface area contributed by atoms with Crippen molar-refractivity contribution in [3.8, 4) is 9.88 Å². The van der Waals surface area contributed by atoms with Crippen molar-refractivity contribution in [2.24, 2.45) is 0 Å². The van der Waals surface area contributed by atoms with Crippen LogP contribution in [0, 0.1) is 0 Å². The fourth-order valence-electron chi connectivity index (χ4n) is 1.72. The number of aryl methyl sites for hydroxylation is 1. The summed E-state index contributed by atoms with van der Waals surface area (Å²) in [6.45, 7) is 7.47. The molecule has 0 aliphatic rings. The van der Waals surface area contributed by atoms with Crippen LogP contribution >= 0.6 is 22.7 Å². The standard InChI is InChI=1S/C13H19N3S2/c1-4-10-6-8-17-12(10)13-16-15-11(18-13)5-7-14-9(2)3/h6,8-9,14H,4-5,7H2,1-3H3. The first-order valence-corrected chi connectivity index (χ1v) is 8.02. The van der Waals surface area contributed by atoms with Gasteiger partial charge in [0.05, 0.1) is 4.88 Å². The lowest BCUT2D eigenvalue weighted by Gasteiger charge is -2.05. The number of aromatic nitrogens is 2. The van der Waals surface area contributed by atoms with Gasteiger partial charge in [0.2, 0.25) is 0 Å². The van der Waals surface area contributed by atoms with E-state index in [9.17, 15) is 0 Å². The lowest BCUT2D eigenvalue weighted by Crippen LogP contribution is -2.24. The van der Waals surface area contributed by atoms with E-state index in [4.69, 9.17) is 0 Å². The molecule has 1 N–H and O–H groups in total. The third-order valence-electron chi connectivity index (χ3n) is 2.68. The first-order chi connectivity index (χ1) is 8.70. The SMILES string of the molecule is CCc1ccsc1-c1nnc(CCNC(C)C)s1. The highest BCUT2D eigenvalue weighted by Gasteiger charge is 2.11. The van der Waals surface area contributed by atoms with Gasteiger partial charge in [0, 0.05) is 19.0 Å². The van der Waals surface area contributed by atoms with Crippen molar-refractivity contribution < 1.29 is 0 Å². The Hall–Kier alpha value is -0.780. The maximum Gasteiger partial charge on any atom is 0.158 e. The number of thiophene rings is 1. The Morgan fingerprint density at radius 3 is 2.89 bits per heavy atom. The minimum atomic E-state index is 0.529. The van der Waals surface area contributed by atoms with Crippen molar-refractivity contribution >= 4 is 22.7 Å². The van der Waals surface area contributed by atoms with Crippen molar-refractivity contribution in [3.05, 3.63) is 22.0 Å². The molecule has 0 bridgehead atoms. The minimum Gasteiger partial charge on any atom is -0.314 e. The number of rotatable bonds is 6. The predicted octanol–water partition coefficient (Wildman–Crippen LogP) is 3.37. The molecule has 0 aliphatic heterocycles. The summed E-state index contributed by atoms with van der Waals surface area (Å²) in [5, 5.41) is 16.3. The zero-order chi connectivity index (χ0) is 13.0. The monoisotopic (exact) mass is 281 g/mol. The summed E-state index contributed by atoms with van der Waals surface area (Å²) in [5.74, 6) is 0. The summed E-state index contributed by atoms with van der Waals surface area (Å²) in [6.07, 6.45) is 2.02. The van der Waals surface area contributed by atoms with Gasteiger partial charge in [-0.25, -0.2) is 0 Å². The molecule has 0 aliphatic carbocycles. The zero-order valence-electron chi connectivity index (χ0n) is 11.1. The van der Waals surface area contributed by atoms with Crippen LogP contribution in [-0.2, 0) is 12.8 Å². The van der Waals surface area contributed by atoms with Gasteiger partial charge in [0.1, 0.15) is 5.01 Å². The second-order valence-electron chi connectivity index (χ2n) is 4.49. The normalized spacial score (nSPS) is 11.3. The largest absolute Gasteiger partial charge is 0.314 e. The molecule has 0 unspecified atom stereocenters. The smallest absolute Gasteiger partial charge is 0.158 e. The van der Waals surface area contributed by atoms with E-state index in [0.717, 1.165) is 29.4 Å². The molecule has 0 fully saturated rings. The molecule has 0 aromatic carbocycles. The molecule has 5 heteroatoms. The van der Waals surface area contributed by atoms with E-state index < -0.39 is 0 Å². The summed E-state index contributed by atoms with van der Waals surface area (Å²) in [6, 6.07) is 2.71. The van der Waals surface area contributed by atoms with Crippen LogP contribution in [0.3, 0.4) is 0 Å². The Labute approximate surface area is 116 Å². The second kappa shape index (κ2) is 6.41. The third kappa shape index (κ3) is 3.37. The lowest BCUT2D eigenvalue weighted by molar-refractivity contribution is 0.588. The second-order valence-corrected chi connectivity index (χ2v) is 6.47. The van der Waals surface area contributed by atoms with Gasteiger partial charge in [-0.3, -0.25) is 0 Å². The zero-order valence-corrected chi connectivity index (χ0v) is 12.7. The molecule has 0 amide bonds. The van der Waals surface area contributed by atoms with E-state index in [0.29, 0.717) is 6.04 Å². The van der Waals surface area contributed by atoms with E-state index in [1.807, 2.05) is 0 Å². The van der Waals surface area contributed by atoms with Crippen LogP contribution < -0.4 is 5.32 Å². The summed E-state index contributed by atoms with van der Waals surface area (Å²) in [4.78, 5) is 1.29. The van der Waals surface area contributed by atoms with Gasteiger partial charge >= 0.3 is 0 Å². The Kier molecular flexibility index (Phi) is 4.86. The van der Waals surface area contributed by atoms with Crippen LogP contribution in [0.1, 0.15) is 31.3 Å². The van der Waals surface area contributed by atoms with Gasteiger partial charge in [0.15, 0.2) is 5.01 Å². The Morgan fingerprint density at radius 1 is 1.33 bits per heavy atom. The molecule has 0 saturated heterocycles. The average molecular weight is 281 g/mol. The van der Waals surface area contributed by atoms with Crippen molar-refractivity contribution in [1.82, 2.24) is 15.5 Å². The summed E-state index contributed by atoms with van der Waals surface area (Å²) >= 11 is 3.48. The molecule has 0 spiro atoms. The summed E-state index contributed by atoms with van der Waals surface area (Å²) in [7, 11) is 0. The third-order valence-corrected chi connectivity index (χ3v) is 4.77. The molecule has 2 heterocycles. The van der Waals surface area contributed by atoms with Gasteiger partial charge in [-0.05, 0) is 23.4 Å². The Balaban J connectivity index is 2.02. The number of nitrogens with zero attached hydrogens (tertiary/aromatic N) is 2. The number of nitrogens with one attached hydrogen (secondary N) is 1. The lowest BCUT2D eigenvalue weighted by atomic mass is 10.2. The van der Waals surface area contributed by atoms with Crippen molar-refractivity contribution in [2.45, 2.75) is 39.7 Å². The van der Waals surface area contributed by atoms with Gasteiger partial charge in [-0.2, -0.15) is 0 Å². The van der Waals surface area contributed by atoms with Gasteiger partial charge in [0.25, 0.3) is 0 Å². The van der Waals surface area contributed by atoms with E-state index >= 15 is 0 Å². The van der Waals surface area contributed by atoms with Crippen LogP contribution in [0.25, 0.3) is 9.88 Å². The van der Waals surface area contributed by atoms with E-state index in [-0.39, 0.29) is 0 Å². The highest BCUT2D eigenvalue weighted by Crippen LogP contribution is 2.32. The van der Waals surface area contributed by atoms with Crippen LogP contribution in [0.5, 0.6) is 0 Å². The molecule has 3 nitrogen and oxygen atoms in total. The molecule has 2 rings (SSSR count). The molecular formula is C13H19N3S2. The maximum atomic E-state index is 4.32. The molecule has 0 atom stereocenters. The van der Waals surface area contributed by atoms with Crippen LogP contribution in [0.4, 0.5) is 0 Å². The predicted molar refractivity (Wildman–Crippen MR) is 79.4 cm³/mol. The molecule has 18 heavy (non-hydrogen) atoms. The molecule has 0 radical (unpaired) electrons. The number of hydrogen-bond donors (Lipinski definition) is 1. The topological polar surface area (TPSA) is 37.8 Å². The van der Waals surface area contributed by atoms with Crippen LogP contribution in [-0.4, -0.2) is 22.8 Å². The average Bonchev–Trinajstić information content (AvgIpc) is 2.95. The minimum absolute atomic E-state index is 0.529.